The number of imidazole rings is 1. The lowest BCUT2D eigenvalue weighted by Crippen LogP contribution is -2.38. The third kappa shape index (κ3) is 3.64. The predicted molar refractivity (Wildman–Crippen MR) is 95.6 cm³/mol. The van der Waals surface area contributed by atoms with Gasteiger partial charge in [-0.1, -0.05) is 30.3 Å². The van der Waals surface area contributed by atoms with Gasteiger partial charge in [-0.25, -0.2) is 4.98 Å². The fraction of sp³-hybridized carbons (Fsp3) is 0.263. The van der Waals surface area contributed by atoms with Gasteiger partial charge >= 0.3 is 0 Å². The number of carbonyl (C=O) groups excluding carboxylic acids is 1. The van der Waals surface area contributed by atoms with Gasteiger partial charge in [0.15, 0.2) is 0 Å². The van der Waals surface area contributed by atoms with Crippen molar-refractivity contribution in [2.45, 2.75) is 19.4 Å². The number of nitrogens with zero attached hydrogens (tertiary/aromatic N) is 2. The van der Waals surface area contributed by atoms with Crippen molar-refractivity contribution < 1.29 is 14.6 Å². The first-order valence-corrected chi connectivity index (χ1v) is 8.10. The zero-order valence-electron chi connectivity index (χ0n) is 14.3. The number of pyridine rings is 1. The fourth-order valence-electron chi connectivity index (χ4n) is 2.90. The van der Waals surface area contributed by atoms with Crippen LogP contribution < -0.4 is 10.1 Å². The Labute approximate surface area is 146 Å². The monoisotopic (exact) mass is 339 g/mol. The Kier molecular flexibility index (Phi) is 5.00. The van der Waals surface area contributed by atoms with Gasteiger partial charge in [-0.15, -0.1) is 0 Å². The van der Waals surface area contributed by atoms with Crippen LogP contribution >= 0.6 is 0 Å². The van der Waals surface area contributed by atoms with E-state index in [-0.39, 0.29) is 18.6 Å². The van der Waals surface area contributed by atoms with Crippen LogP contribution in [0.25, 0.3) is 16.9 Å². The van der Waals surface area contributed by atoms with Gasteiger partial charge in [0.2, 0.25) is 5.91 Å². The summed E-state index contributed by atoms with van der Waals surface area (Å²) < 4.78 is 7.27. The van der Waals surface area contributed by atoms with E-state index in [2.05, 4.69) is 5.32 Å². The van der Waals surface area contributed by atoms with Crippen molar-refractivity contribution >= 4 is 11.6 Å². The molecule has 130 valence electrons. The molecule has 0 spiro atoms. The first-order chi connectivity index (χ1) is 12.1. The van der Waals surface area contributed by atoms with Crippen LogP contribution in [0.2, 0.25) is 0 Å². The van der Waals surface area contributed by atoms with Crippen LogP contribution in [-0.2, 0) is 11.2 Å². The van der Waals surface area contributed by atoms with E-state index in [1.807, 2.05) is 53.1 Å². The summed E-state index contributed by atoms with van der Waals surface area (Å²) in [6.45, 7) is 1.29. The predicted octanol–water partition coefficient (Wildman–Crippen LogP) is 2.05. The molecule has 0 fully saturated rings. The third-order valence-corrected chi connectivity index (χ3v) is 4.04. The molecule has 2 N–H and O–H groups in total. The van der Waals surface area contributed by atoms with Crippen LogP contribution in [0, 0.1) is 0 Å². The molecular weight excluding hydrogens is 318 g/mol. The van der Waals surface area contributed by atoms with Crippen molar-refractivity contribution in [2.24, 2.45) is 0 Å². The Hall–Kier alpha value is -2.86. The van der Waals surface area contributed by atoms with Crippen molar-refractivity contribution in [3.05, 3.63) is 54.4 Å². The second-order valence-electron chi connectivity index (χ2n) is 5.85. The van der Waals surface area contributed by atoms with Crippen LogP contribution in [0.4, 0.5) is 0 Å². The van der Waals surface area contributed by atoms with E-state index in [4.69, 9.17) is 9.72 Å². The molecule has 3 rings (SSSR count). The summed E-state index contributed by atoms with van der Waals surface area (Å²) in [5.74, 6) is 0.539. The maximum atomic E-state index is 11.4. The molecule has 0 radical (unpaired) electrons. The number of fused-ring (bicyclic) bond motifs is 1. The number of aliphatic hydroxyl groups is 1. The second-order valence-corrected chi connectivity index (χ2v) is 5.85. The molecule has 25 heavy (non-hydrogen) atoms. The standard InChI is InChI=1S/C19H21N3O3/c1-13(24)20-15(12-23)10-17-19(14-6-4-3-5-7-14)21-18-9-8-16(25-2)11-22(17)18/h3-9,11,15,23H,10,12H2,1-2H3,(H,20,24). The van der Waals surface area contributed by atoms with Crippen molar-refractivity contribution in [1.29, 1.82) is 0 Å². The number of aliphatic hydroxyl groups excluding tert-OH is 1. The molecule has 2 heterocycles. The molecule has 3 aromatic rings. The van der Waals surface area contributed by atoms with E-state index in [1.165, 1.54) is 6.92 Å². The highest BCUT2D eigenvalue weighted by atomic mass is 16.5. The van der Waals surface area contributed by atoms with Crippen LogP contribution in [0.3, 0.4) is 0 Å². The minimum absolute atomic E-state index is 0.148. The number of hydrogen-bond acceptors (Lipinski definition) is 4. The molecule has 1 aromatic carbocycles. The molecule has 0 aliphatic carbocycles. The summed E-state index contributed by atoms with van der Waals surface area (Å²) >= 11 is 0. The van der Waals surface area contributed by atoms with E-state index in [0.29, 0.717) is 12.2 Å². The summed E-state index contributed by atoms with van der Waals surface area (Å²) in [5, 5.41) is 12.4. The van der Waals surface area contributed by atoms with E-state index < -0.39 is 0 Å². The maximum absolute atomic E-state index is 11.4. The molecule has 0 saturated carbocycles. The average molecular weight is 339 g/mol. The lowest BCUT2D eigenvalue weighted by Gasteiger charge is -2.16. The van der Waals surface area contributed by atoms with Gasteiger partial charge in [0.25, 0.3) is 0 Å². The summed E-state index contributed by atoms with van der Waals surface area (Å²) in [4.78, 5) is 16.1. The number of hydrogen-bond donors (Lipinski definition) is 2. The molecule has 0 aliphatic rings. The van der Waals surface area contributed by atoms with Gasteiger partial charge in [-0.3, -0.25) is 9.20 Å². The minimum atomic E-state index is -0.383. The van der Waals surface area contributed by atoms with Crippen LogP contribution in [0.1, 0.15) is 12.6 Å². The zero-order valence-corrected chi connectivity index (χ0v) is 14.3. The van der Waals surface area contributed by atoms with Crippen molar-refractivity contribution in [2.75, 3.05) is 13.7 Å². The molecule has 2 aromatic heterocycles. The Balaban J connectivity index is 2.12. The molecule has 1 amide bonds. The van der Waals surface area contributed by atoms with Crippen LogP contribution in [0.15, 0.2) is 48.7 Å². The summed E-state index contributed by atoms with van der Waals surface area (Å²) in [7, 11) is 1.61. The number of nitrogens with one attached hydrogen (secondary N) is 1. The number of rotatable bonds is 6. The van der Waals surface area contributed by atoms with Gasteiger partial charge in [0.05, 0.1) is 37.3 Å². The summed E-state index contributed by atoms with van der Waals surface area (Å²) in [6, 6.07) is 13.2. The number of benzene rings is 1. The average Bonchev–Trinajstić information content (AvgIpc) is 2.99. The molecule has 0 saturated heterocycles. The highest BCUT2D eigenvalue weighted by molar-refractivity contribution is 5.73. The van der Waals surface area contributed by atoms with E-state index in [1.54, 1.807) is 7.11 Å². The number of carbonyl (C=O) groups is 1. The lowest BCUT2D eigenvalue weighted by atomic mass is 10.1. The van der Waals surface area contributed by atoms with Gasteiger partial charge in [-0.2, -0.15) is 0 Å². The largest absolute Gasteiger partial charge is 0.495 e. The SMILES string of the molecule is COc1ccc2nc(-c3ccccc3)c(CC(CO)NC(C)=O)n2c1. The third-order valence-electron chi connectivity index (χ3n) is 4.04. The van der Waals surface area contributed by atoms with Crippen molar-refractivity contribution in [3.8, 4) is 17.0 Å². The van der Waals surface area contributed by atoms with Crippen LogP contribution in [-0.4, -0.2) is 40.2 Å². The summed E-state index contributed by atoms with van der Waals surface area (Å²) in [6.07, 6.45) is 2.32. The van der Waals surface area contributed by atoms with E-state index in [0.717, 1.165) is 22.6 Å². The molecule has 1 unspecified atom stereocenters. The van der Waals surface area contributed by atoms with Gasteiger partial charge in [-0.05, 0) is 12.1 Å². The summed E-state index contributed by atoms with van der Waals surface area (Å²) in [5.41, 5.74) is 3.51. The minimum Gasteiger partial charge on any atom is -0.495 e. The fourth-order valence-corrected chi connectivity index (χ4v) is 2.90. The van der Waals surface area contributed by atoms with E-state index in [9.17, 15) is 9.90 Å². The highest BCUT2D eigenvalue weighted by Gasteiger charge is 2.19. The Morgan fingerprint density at radius 3 is 2.68 bits per heavy atom. The second kappa shape index (κ2) is 7.36. The Morgan fingerprint density at radius 2 is 2.04 bits per heavy atom. The lowest BCUT2D eigenvalue weighted by molar-refractivity contribution is -0.119. The topological polar surface area (TPSA) is 75.9 Å². The molecular formula is C19H21N3O3. The first-order valence-electron chi connectivity index (χ1n) is 8.10. The quantitative estimate of drug-likeness (QED) is 0.721. The number of ether oxygens (including phenoxy) is 1. The molecule has 0 bridgehead atoms. The molecule has 6 heteroatoms. The zero-order chi connectivity index (χ0) is 17.8. The molecule has 1 atom stereocenters. The van der Waals surface area contributed by atoms with Gasteiger partial charge in [0.1, 0.15) is 11.4 Å². The first kappa shape index (κ1) is 17.0. The number of methoxy groups -OCH3 is 1. The van der Waals surface area contributed by atoms with Gasteiger partial charge < -0.3 is 15.2 Å². The van der Waals surface area contributed by atoms with Crippen molar-refractivity contribution in [3.63, 3.8) is 0 Å². The van der Waals surface area contributed by atoms with E-state index >= 15 is 0 Å². The molecule has 0 aliphatic heterocycles. The Morgan fingerprint density at radius 1 is 1.28 bits per heavy atom. The van der Waals surface area contributed by atoms with Crippen LogP contribution in [0.5, 0.6) is 5.75 Å². The Bertz CT molecular complexity index is 874. The normalized spacial score (nSPS) is 12.1. The van der Waals surface area contributed by atoms with Gasteiger partial charge in [0, 0.05) is 18.9 Å². The maximum Gasteiger partial charge on any atom is 0.217 e. The smallest absolute Gasteiger partial charge is 0.217 e. The number of aromatic nitrogens is 2. The molecule has 6 nitrogen and oxygen atoms in total. The number of amides is 1. The highest BCUT2D eigenvalue weighted by Crippen LogP contribution is 2.27. The van der Waals surface area contributed by atoms with Crippen molar-refractivity contribution in [1.82, 2.24) is 14.7 Å².